The van der Waals surface area contributed by atoms with Gasteiger partial charge in [0.15, 0.2) is 18.5 Å². The first-order valence-corrected chi connectivity index (χ1v) is 10.6. The van der Waals surface area contributed by atoms with Crippen LogP contribution in [0.25, 0.3) is 0 Å². The highest BCUT2D eigenvalue weighted by Gasteiger charge is 2.50. The second-order valence-corrected chi connectivity index (χ2v) is 7.50. The van der Waals surface area contributed by atoms with Gasteiger partial charge >= 0.3 is 17.9 Å². The molecule has 4 atom stereocenters. The first kappa shape index (κ1) is 23.2. The van der Waals surface area contributed by atoms with Gasteiger partial charge in [0.2, 0.25) is 0 Å². The summed E-state index contributed by atoms with van der Waals surface area (Å²) in [6.45, 7) is -0.336. The molecule has 1 saturated heterocycles. The Balaban J connectivity index is 1.51. The van der Waals surface area contributed by atoms with Gasteiger partial charge in [0.05, 0.1) is 16.7 Å². The van der Waals surface area contributed by atoms with Crippen LogP contribution in [0.2, 0.25) is 0 Å². The van der Waals surface area contributed by atoms with Gasteiger partial charge in [-0.2, -0.15) is 0 Å². The second kappa shape index (κ2) is 10.7. The summed E-state index contributed by atoms with van der Waals surface area (Å²) in [6.07, 6.45) is -5.22. The lowest BCUT2D eigenvalue weighted by molar-refractivity contribution is -0.135. The van der Waals surface area contributed by atoms with Gasteiger partial charge in [-0.1, -0.05) is 54.6 Å². The maximum absolute atomic E-state index is 12.7. The third-order valence-electron chi connectivity index (χ3n) is 5.18. The Bertz CT molecular complexity index is 1120. The molecule has 0 amide bonds. The van der Waals surface area contributed by atoms with Gasteiger partial charge in [-0.3, -0.25) is 0 Å². The average molecular weight is 462 g/mol. The van der Waals surface area contributed by atoms with E-state index >= 15 is 0 Å². The number of benzene rings is 3. The maximum atomic E-state index is 12.7. The van der Waals surface area contributed by atoms with E-state index in [0.29, 0.717) is 5.56 Å². The first-order valence-electron chi connectivity index (χ1n) is 10.6. The number of hydrogen-bond donors (Lipinski definition) is 1. The lowest BCUT2D eigenvalue weighted by atomic mass is 10.1. The van der Waals surface area contributed by atoms with Crippen LogP contribution in [-0.2, 0) is 18.9 Å². The molecule has 1 heterocycles. The zero-order valence-electron chi connectivity index (χ0n) is 18.0. The maximum Gasteiger partial charge on any atom is 0.338 e. The van der Waals surface area contributed by atoms with Crippen molar-refractivity contribution in [3.63, 3.8) is 0 Å². The van der Waals surface area contributed by atoms with Crippen LogP contribution in [0.1, 0.15) is 31.1 Å². The molecule has 0 saturated carbocycles. The predicted molar refractivity (Wildman–Crippen MR) is 119 cm³/mol. The average Bonchev–Trinajstić information content (AvgIpc) is 3.17. The van der Waals surface area contributed by atoms with Crippen LogP contribution in [0.4, 0.5) is 0 Å². The topological polar surface area (TPSA) is 108 Å². The van der Waals surface area contributed by atoms with Gasteiger partial charge in [0.25, 0.3) is 0 Å². The SMILES string of the molecule is O=C(OC[C@@H]1OC(O)[C@@H](OC(=O)c2ccccc2)[C@H]1OC(=O)c1ccccc1)c1ccccc1. The molecule has 34 heavy (non-hydrogen) atoms. The van der Waals surface area contributed by atoms with Crippen LogP contribution in [0.5, 0.6) is 0 Å². The van der Waals surface area contributed by atoms with Crippen LogP contribution < -0.4 is 0 Å². The fraction of sp³-hybridized carbons (Fsp3) is 0.192. The minimum atomic E-state index is -1.60. The van der Waals surface area contributed by atoms with Crippen molar-refractivity contribution in [3.05, 3.63) is 108 Å². The minimum absolute atomic E-state index is 0.252. The van der Waals surface area contributed by atoms with E-state index in [1.54, 1.807) is 91.0 Å². The van der Waals surface area contributed by atoms with Crippen molar-refractivity contribution >= 4 is 17.9 Å². The zero-order chi connectivity index (χ0) is 23.9. The Morgan fingerprint density at radius 2 is 1.06 bits per heavy atom. The molecular formula is C26H22O8. The molecule has 1 N–H and O–H groups in total. The number of ether oxygens (including phenoxy) is 4. The van der Waals surface area contributed by atoms with Crippen molar-refractivity contribution in [1.82, 2.24) is 0 Å². The van der Waals surface area contributed by atoms with Gasteiger partial charge in [-0.15, -0.1) is 0 Å². The Morgan fingerprint density at radius 3 is 1.53 bits per heavy atom. The molecule has 0 bridgehead atoms. The molecule has 0 aromatic heterocycles. The molecule has 1 fully saturated rings. The van der Waals surface area contributed by atoms with E-state index in [1.165, 1.54) is 0 Å². The Hall–Kier alpha value is -4.01. The van der Waals surface area contributed by atoms with Gasteiger partial charge in [0.1, 0.15) is 12.7 Å². The Kier molecular flexibility index (Phi) is 7.31. The van der Waals surface area contributed by atoms with E-state index < -0.39 is 42.5 Å². The van der Waals surface area contributed by atoms with E-state index in [9.17, 15) is 19.5 Å². The van der Waals surface area contributed by atoms with Gasteiger partial charge < -0.3 is 24.1 Å². The molecule has 0 aliphatic carbocycles. The normalized spacial score (nSPS) is 21.4. The largest absolute Gasteiger partial charge is 0.459 e. The summed E-state index contributed by atoms with van der Waals surface area (Å²) in [4.78, 5) is 37.6. The number of aliphatic hydroxyl groups excluding tert-OH is 1. The van der Waals surface area contributed by atoms with Gasteiger partial charge in [-0.05, 0) is 36.4 Å². The predicted octanol–water partition coefficient (Wildman–Crippen LogP) is 3.01. The molecule has 1 aliphatic rings. The van der Waals surface area contributed by atoms with Crippen LogP contribution in [0.15, 0.2) is 91.0 Å². The van der Waals surface area contributed by atoms with Crippen molar-refractivity contribution in [2.24, 2.45) is 0 Å². The van der Waals surface area contributed by atoms with E-state index in [1.807, 2.05) is 0 Å². The smallest absolute Gasteiger partial charge is 0.338 e. The van der Waals surface area contributed by atoms with Crippen molar-refractivity contribution in [3.8, 4) is 0 Å². The second-order valence-electron chi connectivity index (χ2n) is 7.50. The summed E-state index contributed by atoms with van der Waals surface area (Å²) in [5, 5.41) is 10.5. The van der Waals surface area contributed by atoms with Crippen LogP contribution in [0, 0.1) is 0 Å². The molecule has 0 radical (unpaired) electrons. The Morgan fingerprint density at radius 1 is 0.647 bits per heavy atom. The van der Waals surface area contributed by atoms with Crippen LogP contribution >= 0.6 is 0 Å². The number of aliphatic hydroxyl groups is 1. The van der Waals surface area contributed by atoms with E-state index in [2.05, 4.69) is 0 Å². The quantitative estimate of drug-likeness (QED) is 0.422. The van der Waals surface area contributed by atoms with E-state index in [0.717, 1.165) is 0 Å². The summed E-state index contributed by atoms with van der Waals surface area (Å²) < 4.78 is 21.8. The van der Waals surface area contributed by atoms with Gasteiger partial charge in [0, 0.05) is 0 Å². The molecule has 4 rings (SSSR count). The summed E-state index contributed by atoms with van der Waals surface area (Å²) in [5.74, 6) is -2.05. The molecule has 8 nitrogen and oxygen atoms in total. The van der Waals surface area contributed by atoms with E-state index in [4.69, 9.17) is 18.9 Å². The first-order chi connectivity index (χ1) is 16.5. The number of esters is 3. The third-order valence-corrected chi connectivity index (χ3v) is 5.18. The summed E-state index contributed by atoms with van der Waals surface area (Å²) >= 11 is 0. The number of carbonyl (C=O) groups excluding carboxylic acids is 3. The molecule has 1 unspecified atom stereocenters. The number of hydrogen-bond acceptors (Lipinski definition) is 8. The van der Waals surface area contributed by atoms with Crippen molar-refractivity contribution < 1.29 is 38.4 Å². The zero-order valence-corrected chi connectivity index (χ0v) is 18.0. The highest BCUT2D eigenvalue weighted by atomic mass is 16.7. The third kappa shape index (κ3) is 5.48. The minimum Gasteiger partial charge on any atom is -0.459 e. The molecule has 174 valence electrons. The lowest BCUT2D eigenvalue weighted by Gasteiger charge is -2.23. The van der Waals surface area contributed by atoms with Crippen molar-refractivity contribution in [2.45, 2.75) is 24.6 Å². The number of carbonyl (C=O) groups is 3. The molecule has 1 aliphatic heterocycles. The van der Waals surface area contributed by atoms with Crippen molar-refractivity contribution in [2.75, 3.05) is 6.61 Å². The highest BCUT2D eigenvalue weighted by molar-refractivity contribution is 5.90. The van der Waals surface area contributed by atoms with Crippen LogP contribution in [0.3, 0.4) is 0 Å². The standard InChI is InChI=1S/C26H22O8/c27-23(17-10-4-1-5-11-17)31-16-20-21(33-24(28)18-12-6-2-7-13-18)22(26(30)32-20)34-25(29)19-14-8-3-9-15-19/h1-15,20-22,26,30H,16H2/t20-,21-,22-,26?/m0/s1. The van der Waals surface area contributed by atoms with Crippen LogP contribution in [-0.4, -0.2) is 54.2 Å². The fourth-order valence-corrected chi connectivity index (χ4v) is 3.46. The molecule has 3 aromatic rings. The molecular weight excluding hydrogens is 440 g/mol. The summed E-state index contributed by atoms with van der Waals surface area (Å²) in [5.41, 5.74) is 0.838. The Labute approximate surface area is 195 Å². The molecule has 0 spiro atoms. The summed E-state index contributed by atoms with van der Waals surface area (Å²) in [7, 11) is 0. The fourth-order valence-electron chi connectivity index (χ4n) is 3.46. The highest BCUT2D eigenvalue weighted by Crippen LogP contribution is 2.28. The molecule has 3 aromatic carbocycles. The van der Waals surface area contributed by atoms with Crippen molar-refractivity contribution in [1.29, 1.82) is 0 Å². The lowest BCUT2D eigenvalue weighted by Crippen LogP contribution is -2.42. The molecule has 8 heteroatoms. The monoisotopic (exact) mass is 462 g/mol. The summed E-state index contributed by atoms with van der Waals surface area (Å²) in [6, 6.07) is 24.7. The number of rotatable bonds is 7. The van der Waals surface area contributed by atoms with Gasteiger partial charge in [-0.25, -0.2) is 14.4 Å². The van der Waals surface area contributed by atoms with E-state index in [-0.39, 0.29) is 17.7 Å².